The van der Waals surface area contributed by atoms with E-state index in [1.165, 1.54) is 6.42 Å². The van der Waals surface area contributed by atoms with Crippen molar-refractivity contribution in [1.82, 2.24) is 9.88 Å². The SMILES string of the molecule is C[C@@H]1C[C@@H]1c1ccc(CCC(=O)N2CCN(c3ccccn3)CC2)o1. The van der Waals surface area contributed by atoms with Crippen molar-refractivity contribution in [3.63, 3.8) is 0 Å². The summed E-state index contributed by atoms with van der Waals surface area (Å²) in [6.45, 7) is 5.46. The van der Waals surface area contributed by atoms with Crippen LogP contribution in [0, 0.1) is 5.92 Å². The van der Waals surface area contributed by atoms with Crippen molar-refractivity contribution in [2.24, 2.45) is 5.92 Å². The monoisotopic (exact) mass is 339 g/mol. The molecule has 5 heteroatoms. The van der Waals surface area contributed by atoms with Crippen LogP contribution < -0.4 is 4.90 Å². The smallest absolute Gasteiger partial charge is 0.223 e. The van der Waals surface area contributed by atoms with Gasteiger partial charge in [-0.05, 0) is 36.6 Å². The van der Waals surface area contributed by atoms with Crippen LogP contribution in [-0.4, -0.2) is 42.0 Å². The number of anilines is 1. The third-order valence-corrected chi connectivity index (χ3v) is 5.35. The fraction of sp³-hybridized carbons (Fsp3) is 0.500. The number of carbonyl (C=O) groups is 1. The normalized spacial score (nSPS) is 22.9. The van der Waals surface area contributed by atoms with Crippen LogP contribution in [0.1, 0.15) is 37.2 Å². The van der Waals surface area contributed by atoms with E-state index in [4.69, 9.17) is 4.42 Å². The van der Waals surface area contributed by atoms with Crippen LogP contribution in [0.3, 0.4) is 0 Å². The van der Waals surface area contributed by atoms with Crippen LogP contribution in [0.2, 0.25) is 0 Å². The van der Waals surface area contributed by atoms with Crippen molar-refractivity contribution >= 4 is 11.7 Å². The Morgan fingerprint density at radius 3 is 2.68 bits per heavy atom. The first kappa shape index (κ1) is 16.2. The molecule has 5 nitrogen and oxygen atoms in total. The minimum atomic E-state index is 0.221. The van der Waals surface area contributed by atoms with E-state index in [-0.39, 0.29) is 5.91 Å². The Balaban J connectivity index is 1.24. The second-order valence-electron chi connectivity index (χ2n) is 7.18. The maximum atomic E-state index is 12.5. The third kappa shape index (κ3) is 3.70. The molecule has 132 valence electrons. The summed E-state index contributed by atoms with van der Waals surface area (Å²) in [4.78, 5) is 21.1. The fourth-order valence-corrected chi connectivity index (χ4v) is 3.56. The Hall–Kier alpha value is -2.30. The lowest BCUT2D eigenvalue weighted by Crippen LogP contribution is -2.49. The van der Waals surface area contributed by atoms with Crippen LogP contribution in [-0.2, 0) is 11.2 Å². The number of hydrogen-bond acceptors (Lipinski definition) is 4. The highest BCUT2D eigenvalue weighted by molar-refractivity contribution is 5.76. The summed E-state index contributed by atoms with van der Waals surface area (Å²) in [5, 5.41) is 0. The van der Waals surface area contributed by atoms with E-state index < -0.39 is 0 Å². The minimum absolute atomic E-state index is 0.221. The zero-order chi connectivity index (χ0) is 17.2. The highest BCUT2D eigenvalue weighted by Gasteiger charge is 2.36. The zero-order valence-corrected chi connectivity index (χ0v) is 14.7. The highest BCUT2D eigenvalue weighted by Crippen LogP contribution is 2.47. The van der Waals surface area contributed by atoms with Gasteiger partial charge in [0.1, 0.15) is 17.3 Å². The number of amides is 1. The van der Waals surface area contributed by atoms with Gasteiger partial charge in [-0.3, -0.25) is 4.79 Å². The molecule has 1 saturated carbocycles. The number of carbonyl (C=O) groups excluding carboxylic acids is 1. The van der Waals surface area contributed by atoms with E-state index in [2.05, 4.69) is 22.9 Å². The van der Waals surface area contributed by atoms with Gasteiger partial charge in [-0.2, -0.15) is 0 Å². The fourth-order valence-electron chi connectivity index (χ4n) is 3.56. The van der Waals surface area contributed by atoms with E-state index in [9.17, 15) is 4.79 Å². The molecule has 2 aromatic rings. The van der Waals surface area contributed by atoms with Gasteiger partial charge in [0.2, 0.25) is 5.91 Å². The average molecular weight is 339 g/mol. The number of rotatable bonds is 5. The van der Waals surface area contributed by atoms with Crippen LogP contribution in [0.25, 0.3) is 0 Å². The molecule has 0 bridgehead atoms. The summed E-state index contributed by atoms with van der Waals surface area (Å²) in [6, 6.07) is 10.1. The Bertz CT molecular complexity index is 720. The summed E-state index contributed by atoms with van der Waals surface area (Å²) in [5.74, 6) is 4.60. The average Bonchev–Trinajstić information content (AvgIpc) is 3.20. The van der Waals surface area contributed by atoms with Gasteiger partial charge in [-0.15, -0.1) is 0 Å². The minimum Gasteiger partial charge on any atom is -0.466 e. The molecule has 0 aromatic carbocycles. The second kappa shape index (κ2) is 6.90. The lowest BCUT2D eigenvalue weighted by atomic mass is 10.2. The van der Waals surface area contributed by atoms with Gasteiger partial charge < -0.3 is 14.2 Å². The standard InChI is InChI=1S/C20H25N3O2/c1-15-14-17(15)18-7-5-16(25-18)6-8-20(24)23-12-10-22(11-13-23)19-4-2-3-9-21-19/h2-5,7,9,15,17H,6,8,10-14H2,1H3/t15-,17+/m1/s1. The first-order valence-electron chi connectivity index (χ1n) is 9.23. The largest absolute Gasteiger partial charge is 0.466 e. The number of nitrogens with zero attached hydrogens (tertiary/aromatic N) is 3. The van der Waals surface area contributed by atoms with Crippen LogP contribution >= 0.6 is 0 Å². The molecule has 4 rings (SSSR count). The van der Waals surface area contributed by atoms with Crippen molar-refractivity contribution in [1.29, 1.82) is 0 Å². The number of furan rings is 1. The molecule has 0 spiro atoms. The van der Waals surface area contributed by atoms with E-state index in [1.807, 2.05) is 35.4 Å². The topological polar surface area (TPSA) is 49.6 Å². The van der Waals surface area contributed by atoms with E-state index in [0.29, 0.717) is 18.8 Å². The number of pyridine rings is 1. The molecule has 1 aliphatic carbocycles. The molecule has 2 aliphatic rings. The van der Waals surface area contributed by atoms with Gasteiger partial charge in [-0.25, -0.2) is 4.98 Å². The van der Waals surface area contributed by atoms with E-state index >= 15 is 0 Å². The molecule has 0 unspecified atom stereocenters. The van der Waals surface area contributed by atoms with Crippen molar-refractivity contribution in [3.05, 3.63) is 48.0 Å². The Morgan fingerprint density at radius 2 is 2.00 bits per heavy atom. The molecular formula is C20H25N3O2. The maximum absolute atomic E-state index is 12.5. The van der Waals surface area contributed by atoms with Gasteiger partial charge in [0.25, 0.3) is 0 Å². The summed E-state index contributed by atoms with van der Waals surface area (Å²) < 4.78 is 5.90. The molecule has 1 aliphatic heterocycles. The van der Waals surface area contributed by atoms with Gasteiger partial charge in [0, 0.05) is 51.1 Å². The maximum Gasteiger partial charge on any atom is 0.223 e. The predicted octanol–water partition coefficient (Wildman–Crippen LogP) is 3.08. The van der Waals surface area contributed by atoms with Crippen LogP contribution in [0.15, 0.2) is 40.9 Å². The molecular weight excluding hydrogens is 314 g/mol. The Labute approximate surface area is 148 Å². The molecule has 3 heterocycles. The second-order valence-corrected chi connectivity index (χ2v) is 7.18. The molecule has 0 N–H and O–H groups in total. The van der Waals surface area contributed by atoms with Crippen molar-refractivity contribution in [3.8, 4) is 0 Å². The Morgan fingerprint density at radius 1 is 1.20 bits per heavy atom. The number of piperazine rings is 1. The summed E-state index contributed by atoms with van der Waals surface area (Å²) in [5.41, 5.74) is 0. The number of aromatic nitrogens is 1. The highest BCUT2D eigenvalue weighted by atomic mass is 16.3. The van der Waals surface area contributed by atoms with Crippen molar-refractivity contribution < 1.29 is 9.21 Å². The summed E-state index contributed by atoms with van der Waals surface area (Å²) in [6.07, 6.45) is 4.26. The first-order valence-corrected chi connectivity index (χ1v) is 9.23. The molecule has 2 fully saturated rings. The van der Waals surface area contributed by atoms with Crippen LogP contribution in [0.4, 0.5) is 5.82 Å². The molecule has 1 amide bonds. The Kier molecular flexibility index (Phi) is 4.47. The predicted molar refractivity (Wildman–Crippen MR) is 96.6 cm³/mol. The van der Waals surface area contributed by atoms with Crippen LogP contribution in [0.5, 0.6) is 0 Å². The van der Waals surface area contributed by atoms with Gasteiger partial charge in [0.15, 0.2) is 0 Å². The number of hydrogen-bond donors (Lipinski definition) is 0. The van der Waals surface area contributed by atoms with E-state index in [1.54, 1.807) is 0 Å². The van der Waals surface area contributed by atoms with Gasteiger partial charge in [0.05, 0.1) is 0 Å². The third-order valence-electron chi connectivity index (χ3n) is 5.35. The zero-order valence-electron chi connectivity index (χ0n) is 14.7. The lowest BCUT2D eigenvalue weighted by molar-refractivity contribution is -0.131. The molecule has 25 heavy (non-hydrogen) atoms. The quantitative estimate of drug-likeness (QED) is 0.840. The first-order chi connectivity index (χ1) is 12.2. The van der Waals surface area contributed by atoms with E-state index in [0.717, 1.165) is 49.4 Å². The van der Waals surface area contributed by atoms with Gasteiger partial charge >= 0.3 is 0 Å². The summed E-state index contributed by atoms with van der Waals surface area (Å²) >= 11 is 0. The molecule has 0 radical (unpaired) electrons. The van der Waals surface area contributed by atoms with Gasteiger partial charge in [-0.1, -0.05) is 13.0 Å². The number of aryl methyl sites for hydroxylation is 1. The lowest BCUT2D eigenvalue weighted by Gasteiger charge is -2.35. The summed E-state index contributed by atoms with van der Waals surface area (Å²) in [7, 11) is 0. The molecule has 2 aromatic heterocycles. The van der Waals surface area contributed by atoms with Crippen molar-refractivity contribution in [2.75, 3.05) is 31.1 Å². The van der Waals surface area contributed by atoms with Crippen molar-refractivity contribution in [2.45, 2.75) is 32.1 Å². The molecule has 1 saturated heterocycles. The molecule has 2 atom stereocenters.